The molecule has 0 atom stereocenters. The van der Waals surface area contributed by atoms with E-state index in [1.807, 2.05) is 0 Å². The van der Waals surface area contributed by atoms with Gasteiger partial charge in [0.1, 0.15) is 6.26 Å². The fourth-order valence-corrected chi connectivity index (χ4v) is 0.0582. The Morgan fingerprint density at radius 1 is 1.67 bits per heavy atom. The Bertz CT molecular complexity index is 74.1. The first-order valence-electron chi connectivity index (χ1n) is 1.29. The highest BCUT2D eigenvalue weighted by atomic mass is 16.4. The van der Waals surface area contributed by atoms with Crippen LogP contribution in [0.3, 0.4) is 0 Å². The second-order valence-electron chi connectivity index (χ2n) is 0.641. The van der Waals surface area contributed by atoms with E-state index in [2.05, 4.69) is 0 Å². The molecule has 0 heterocycles. The first kappa shape index (κ1) is 5.01. The maximum Gasteiger partial charge on any atom is 0.331 e. The van der Waals surface area contributed by atoms with Crippen LogP contribution in [-0.4, -0.2) is 11.1 Å². The molecule has 0 spiro atoms. The van der Waals surface area contributed by atoms with Gasteiger partial charge in [-0.2, -0.15) is 0 Å². The molecule has 3 heteroatoms. The lowest BCUT2D eigenvalue weighted by Crippen LogP contribution is -1.83. The Hall–Kier alpha value is -0.990. The van der Waals surface area contributed by atoms with Crippen LogP contribution in [0.4, 0.5) is 0 Å². The van der Waals surface area contributed by atoms with Gasteiger partial charge in [-0.1, -0.05) is 0 Å². The minimum atomic E-state index is -1.20. The second kappa shape index (κ2) is 2.26. The molecule has 6 heavy (non-hydrogen) atoms. The third-order valence-electron chi connectivity index (χ3n) is 0.211. The number of hydrogen-bond acceptors (Lipinski definition) is 1. The van der Waals surface area contributed by atoms with Gasteiger partial charge in [0.25, 0.3) is 0 Å². The summed E-state index contributed by atoms with van der Waals surface area (Å²) < 4.78 is 0. The lowest BCUT2D eigenvalue weighted by atomic mass is 10.7. The summed E-state index contributed by atoms with van der Waals surface area (Å²) in [6.07, 6.45) is 0.752. The summed E-state index contributed by atoms with van der Waals surface area (Å²) in [6, 6.07) is 0. The Morgan fingerprint density at radius 2 is 2.17 bits per heavy atom. The fourth-order valence-electron chi connectivity index (χ4n) is 0.0582. The highest BCUT2D eigenvalue weighted by Gasteiger charge is 1.79. The molecule has 0 amide bonds. The minimum Gasteiger partial charge on any atom is -0.478 e. The third-order valence-corrected chi connectivity index (χ3v) is 0.211. The summed E-state index contributed by atoms with van der Waals surface area (Å²) in [7, 11) is 0. The van der Waals surface area contributed by atoms with Gasteiger partial charge in [0, 0.05) is 0 Å². The van der Waals surface area contributed by atoms with Crippen molar-refractivity contribution < 1.29 is 15.0 Å². The van der Waals surface area contributed by atoms with Crippen molar-refractivity contribution in [2.75, 3.05) is 0 Å². The van der Waals surface area contributed by atoms with Crippen LogP contribution in [0.2, 0.25) is 0 Å². The molecule has 0 fully saturated rings. The third kappa shape index (κ3) is 3.01. The number of carbonyl (C=O) groups is 1. The molecular formula is C3H3O3. The summed E-state index contributed by atoms with van der Waals surface area (Å²) in [5.74, 6) is -1.20. The molecule has 0 saturated heterocycles. The van der Waals surface area contributed by atoms with Gasteiger partial charge in [-0.3, -0.25) is 5.11 Å². The van der Waals surface area contributed by atoms with E-state index < -0.39 is 5.97 Å². The molecule has 0 aliphatic heterocycles. The Labute approximate surface area is 34.5 Å². The average Bonchev–Trinajstić information content (AvgIpc) is 1.35. The van der Waals surface area contributed by atoms with Crippen molar-refractivity contribution in [1.82, 2.24) is 0 Å². The highest BCUT2D eigenvalue weighted by Crippen LogP contribution is 1.63. The maximum atomic E-state index is 9.31. The quantitative estimate of drug-likeness (QED) is 0.362. The number of hydrogen-bond donors (Lipinski definition) is 1. The minimum absolute atomic E-state index is 0.225. The van der Waals surface area contributed by atoms with Gasteiger partial charge in [-0.25, -0.2) is 4.79 Å². The first-order valence-corrected chi connectivity index (χ1v) is 1.29. The van der Waals surface area contributed by atoms with E-state index >= 15 is 0 Å². The Morgan fingerprint density at radius 3 is 2.17 bits per heavy atom. The topological polar surface area (TPSA) is 57.2 Å². The maximum absolute atomic E-state index is 9.31. The number of aliphatic carboxylic acids is 1. The summed E-state index contributed by atoms with van der Waals surface area (Å²) in [4.78, 5) is 9.31. The van der Waals surface area contributed by atoms with Crippen LogP contribution < -0.4 is 0 Å². The van der Waals surface area contributed by atoms with E-state index in [0.717, 1.165) is 0 Å². The van der Waals surface area contributed by atoms with Gasteiger partial charge in [0.05, 0.1) is 6.08 Å². The zero-order chi connectivity index (χ0) is 4.99. The summed E-state index contributed by atoms with van der Waals surface area (Å²) >= 11 is 0. The highest BCUT2D eigenvalue weighted by molar-refractivity contribution is 5.79. The van der Waals surface area contributed by atoms with E-state index in [1.165, 1.54) is 0 Å². The molecule has 0 aromatic carbocycles. The zero-order valence-electron chi connectivity index (χ0n) is 2.92. The molecule has 0 unspecified atom stereocenters. The Kier molecular flexibility index (Phi) is 1.89. The number of carboxylic acid groups (broad SMARTS) is 1. The van der Waals surface area contributed by atoms with Gasteiger partial charge < -0.3 is 5.11 Å². The molecule has 33 valence electrons. The van der Waals surface area contributed by atoms with E-state index in [9.17, 15) is 9.90 Å². The van der Waals surface area contributed by atoms with Gasteiger partial charge in [-0.15, -0.1) is 0 Å². The lowest BCUT2D eigenvalue weighted by Gasteiger charge is -1.66. The number of rotatable bonds is 1. The molecule has 1 N–H and O–H groups in total. The molecule has 0 rings (SSSR count). The normalized spacial score (nSPS) is 9.33. The van der Waals surface area contributed by atoms with Crippen molar-refractivity contribution in [3.8, 4) is 0 Å². The zero-order valence-corrected chi connectivity index (χ0v) is 2.92. The van der Waals surface area contributed by atoms with Crippen molar-refractivity contribution in [2.45, 2.75) is 0 Å². The predicted molar refractivity (Wildman–Crippen MR) is 17.5 cm³/mol. The monoisotopic (exact) mass is 87.0 g/mol. The van der Waals surface area contributed by atoms with E-state index in [0.29, 0.717) is 6.08 Å². The standard InChI is InChI=1S/C3H3O3/c4-2-1-3(5)6/h1-2H,(H,5,6). The van der Waals surface area contributed by atoms with Crippen LogP contribution >= 0.6 is 0 Å². The predicted octanol–water partition coefficient (Wildman–Crippen LogP) is 0.0152. The second-order valence-corrected chi connectivity index (χ2v) is 0.641. The molecule has 0 aliphatic rings. The molecule has 1 radical (unpaired) electrons. The molecule has 0 saturated carbocycles. The van der Waals surface area contributed by atoms with Crippen LogP contribution in [0.5, 0.6) is 0 Å². The molecule has 0 aliphatic carbocycles. The smallest absolute Gasteiger partial charge is 0.331 e. The van der Waals surface area contributed by atoms with E-state index in [4.69, 9.17) is 5.11 Å². The molecule has 0 bridgehead atoms. The SMILES string of the molecule is [O]C=CC(=O)O. The lowest BCUT2D eigenvalue weighted by molar-refractivity contribution is -0.131. The van der Waals surface area contributed by atoms with Gasteiger partial charge in [0.15, 0.2) is 0 Å². The van der Waals surface area contributed by atoms with E-state index in [-0.39, 0.29) is 6.26 Å². The van der Waals surface area contributed by atoms with Crippen LogP contribution in [0.25, 0.3) is 0 Å². The van der Waals surface area contributed by atoms with Crippen molar-refractivity contribution in [3.05, 3.63) is 12.3 Å². The average molecular weight is 87.1 g/mol. The van der Waals surface area contributed by atoms with Crippen molar-refractivity contribution in [3.63, 3.8) is 0 Å². The van der Waals surface area contributed by atoms with Crippen LogP contribution in [-0.2, 0) is 9.90 Å². The van der Waals surface area contributed by atoms with Crippen molar-refractivity contribution in [1.29, 1.82) is 0 Å². The van der Waals surface area contributed by atoms with Crippen LogP contribution in [0.1, 0.15) is 0 Å². The van der Waals surface area contributed by atoms with Crippen LogP contribution in [0, 0.1) is 0 Å². The molecule has 0 aromatic heterocycles. The molecule has 3 nitrogen and oxygen atoms in total. The fraction of sp³-hybridized carbons (Fsp3) is 0. The van der Waals surface area contributed by atoms with Crippen LogP contribution in [0.15, 0.2) is 12.3 Å². The summed E-state index contributed by atoms with van der Waals surface area (Å²) in [5, 5.41) is 16.8. The largest absolute Gasteiger partial charge is 0.478 e. The first-order chi connectivity index (χ1) is 2.77. The summed E-state index contributed by atoms with van der Waals surface area (Å²) in [5.41, 5.74) is 0. The van der Waals surface area contributed by atoms with Crippen molar-refractivity contribution >= 4 is 5.97 Å². The number of carboxylic acids is 1. The van der Waals surface area contributed by atoms with E-state index in [1.54, 1.807) is 0 Å². The Balaban J connectivity index is 3.30. The molecular weight excluding hydrogens is 84.0 g/mol. The summed E-state index contributed by atoms with van der Waals surface area (Å²) in [6.45, 7) is 0. The van der Waals surface area contributed by atoms with Gasteiger partial charge >= 0.3 is 5.97 Å². The van der Waals surface area contributed by atoms with Crippen molar-refractivity contribution in [2.24, 2.45) is 0 Å². The van der Waals surface area contributed by atoms with Gasteiger partial charge in [-0.05, 0) is 0 Å². The van der Waals surface area contributed by atoms with Gasteiger partial charge in [0.2, 0.25) is 0 Å². The molecule has 0 aromatic rings.